The average molecular weight is 300 g/mol. The number of ether oxygens (including phenoxy) is 1. The van der Waals surface area contributed by atoms with E-state index < -0.39 is 5.92 Å². The Hall–Kier alpha value is -2.40. The van der Waals surface area contributed by atoms with Crippen molar-refractivity contribution in [1.29, 1.82) is 0 Å². The minimum absolute atomic E-state index is 0.146. The van der Waals surface area contributed by atoms with Crippen LogP contribution in [0, 0.1) is 0 Å². The van der Waals surface area contributed by atoms with Gasteiger partial charge in [0.1, 0.15) is 11.7 Å². The van der Waals surface area contributed by atoms with Gasteiger partial charge in [0.15, 0.2) is 0 Å². The molecule has 4 nitrogen and oxygen atoms in total. The standard InChI is InChI=1S/C16H16N2O2S/c1-20-13-9-7-12(8-10-13)18-16(19)14(15(17)21)11-5-3-2-4-6-11/h2-10,14H,1H3,(H2,17,21)(H,18,19). The number of benzene rings is 2. The normalized spacial score (nSPS) is 11.5. The molecule has 0 fully saturated rings. The van der Waals surface area contributed by atoms with Gasteiger partial charge >= 0.3 is 0 Å². The molecular weight excluding hydrogens is 284 g/mol. The zero-order chi connectivity index (χ0) is 15.2. The van der Waals surface area contributed by atoms with Crippen LogP contribution >= 0.6 is 12.2 Å². The van der Waals surface area contributed by atoms with E-state index in [1.165, 1.54) is 0 Å². The van der Waals surface area contributed by atoms with Gasteiger partial charge in [-0.05, 0) is 29.8 Å². The molecule has 21 heavy (non-hydrogen) atoms. The van der Waals surface area contributed by atoms with E-state index in [2.05, 4.69) is 5.32 Å². The van der Waals surface area contributed by atoms with Gasteiger partial charge in [-0.15, -0.1) is 0 Å². The lowest BCUT2D eigenvalue weighted by Gasteiger charge is -2.16. The number of thiocarbonyl (C=S) groups is 1. The average Bonchev–Trinajstić information content (AvgIpc) is 2.49. The van der Waals surface area contributed by atoms with Crippen LogP contribution in [-0.2, 0) is 4.79 Å². The number of hydrogen-bond donors (Lipinski definition) is 2. The summed E-state index contributed by atoms with van der Waals surface area (Å²) in [6.07, 6.45) is 0. The minimum Gasteiger partial charge on any atom is -0.497 e. The molecule has 0 spiro atoms. The first-order valence-electron chi connectivity index (χ1n) is 6.41. The van der Waals surface area contributed by atoms with Crippen molar-refractivity contribution in [2.24, 2.45) is 5.73 Å². The molecule has 0 saturated carbocycles. The first kappa shape index (κ1) is 15.0. The number of carbonyl (C=O) groups excluding carboxylic acids is 1. The van der Waals surface area contributed by atoms with Crippen LogP contribution in [0.25, 0.3) is 0 Å². The highest BCUT2D eigenvalue weighted by molar-refractivity contribution is 7.80. The molecular formula is C16H16N2O2S. The quantitative estimate of drug-likeness (QED) is 0.833. The Morgan fingerprint density at radius 1 is 1.14 bits per heavy atom. The van der Waals surface area contributed by atoms with E-state index in [1.54, 1.807) is 31.4 Å². The Labute approximate surface area is 128 Å². The number of nitrogens with two attached hydrogens (primary N) is 1. The molecule has 2 aromatic rings. The lowest BCUT2D eigenvalue weighted by atomic mass is 9.98. The second-order valence-corrected chi connectivity index (χ2v) is 4.94. The van der Waals surface area contributed by atoms with E-state index in [1.807, 2.05) is 30.3 Å². The second-order valence-electron chi connectivity index (χ2n) is 4.46. The van der Waals surface area contributed by atoms with Gasteiger partial charge in [0.05, 0.1) is 12.1 Å². The third-order valence-corrected chi connectivity index (χ3v) is 3.27. The topological polar surface area (TPSA) is 64.3 Å². The van der Waals surface area contributed by atoms with E-state index in [0.717, 1.165) is 11.3 Å². The summed E-state index contributed by atoms with van der Waals surface area (Å²) in [4.78, 5) is 12.5. The number of rotatable bonds is 5. The maximum atomic E-state index is 12.4. The molecule has 1 unspecified atom stereocenters. The summed E-state index contributed by atoms with van der Waals surface area (Å²) in [5.41, 5.74) is 7.16. The fourth-order valence-electron chi connectivity index (χ4n) is 1.98. The summed E-state index contributed by atoms with van der Waals surface area (Å²) in [7, 11) is 1.59. The molecule has 2 aromatic carbocycles. The number of hydrogen-bond acceptors (Lipinski definition) is 3. The van der Waals surface area contributed by atoms with Crippen molar-refractivity contribution in [2.75, 3.05) is 12.4 Å². The summed E-state index contributed by atoms with van der Waals surface area (Å²) in [5.74, 6) is -0.177. The number of anilines is 1. The van der Waals surface area contributed by atoms with Crippen molar-refractivity contribution in [1.82, 2.24) is 0 Å². The molecule has 2 rings (SSSR count). The molecule has 0 aliphatic carbocycles. The number of methoxy groups -OCH3 is 1. The minimum atomic E-state index is -0.650. The van der Waals surface area contributed by atoms with Crippen LogP contribution in [0.15, 0.2) is 54.6 Å². The highest BCUT2D eigenvalue weighted by atomic mass is 32.1. The molecule has 0 aromatic heterocycles. The van der Waals surface area contributed by atoms with E-state index in [-0.39, 0.29) is 10.9 Å². The number of nitrogens with one attached hydrogen (secondary N) is 1. The van der Waals surface area contributed by atoms with Crippen molar-refractivity contribution < 1.29 is 9.53 Å². The van der Waals surface area contributed by atoms with Crippen molar-refractivity contribution in [2.45, 2.75) is 5.92 Å². The van der Waals surface area contributed by atoms with Gasteiger partial charge in [-0.3, -0.25) is 4.79 Å². The number of carbonyl (C=O) groups is 1. The Kier molecular flexibility index (Phi) is 4.90. The third kappa shape index (κ3) is 3.79. The van der Waals surface area contributed by atoms with E-state index in [4.69, 9.17) is 22.7 Å². The van der Waals surface area contributed by atoms with Crippen molar-refractivity contribution in [3.05, 3.63) is 60.2 Å². The van der Waals surface area contributed by atoms with Gasteiger partial charge in [0.2, 0.25) is 5.91 Å². The smallest absolute Gasteiger partial charge is 0.238 e. The predicted molar refractivity (Wildman–Crippen MR) is 87.6 cm³/mol. The van der Waals surface area contributed by atoms with Crippen LogP contribution in [0.2, 0.25) is 0 Å². The number of amides is 1. The van der Waals surface area contributed by atoms with Crippen LogP contribution < -0.4 is 15.8 Å². The Balaban J connectivity index is 2.17. The Morgan fingerprint density at radius 3 is 2.29 bits per heavy atom. The molecule has 5 heteroatoms. The van der Waals surface area contributed by atoms with Gasteiger partial charge in [-0.2, -0.15) is 0 Å². The van der Waals surface area contributed by atoms with Crippen LogP contribution in [0.4, 0.5) is 5.69 Å². The lowest BCUT2D eigenvalue weighted by molar-refractivity contribution is -0.116. The summed E-state index contributed by atoms with van der Waals surface area (Å²) >= 11 is 5.03. The second kappa shape index (κ2) is 6.85. The molecule has 0 saturated heterocycles. The summed E-state index contributed by atoms with van der Waals surface area (Å²) < 4.78 is 5.08. The van der Waals surface area contributed by atoms with E-state index in [9.17, 15) is 4.79 Å². The fraction of sp³-hybridized carbons (Fsp3) is 0.125. The van der Waals surface area contributed by atoms with Crippen molar-refractivity contribution in [3.8, 4) is 5.75 Å². The molecule has 108 valence electrons. The summed E-state index contributed by atoms with van der Waals surface area (Å²) in [6, 6.07) is 16.3. The molecule has 0 aliphatic rings. The van der Waals surface area contributed by atoms with Gasteiger partial charge in [-0.1, -0.05) is 42.5 Å². The van der Waals surface area contributed by atoms with Gasteiger partial charge < -0.3 is 15.8 Å². The molecule has 0 bridgehead atoms. The molecule has 1 amide bonds. The van der Waals surface area contributed by atoms with Gasteiger partial charge in [0.25, 0.3) is 0 Å². The van der Waals surface area contributed by atoms with Crippen LogP contribution in [-0.4, -0.2) is 18.0 Å². The monoisotopic (exact) mass is 300 g/mol. The van der Waals surface area contributed by atoms with E-state index in [0.29, 0.717) is 5.69 Å². The van der Waals surface area contributed by atoms with E-state index >= 15 is 0 Å². The van der Waals surface area contributed by atoms with Gasteiger partial charge in [-0.25, -0.2) is 0 Å². The zero-order valence-corrected chi connectivity index (χ0v) is 12.4. The van der Waals surface area contributed by atoms with Crippen LogP contribution in [0.3, 0.4) is 0 Å². The largest absolute Gasteiger partial charge is 0.497 e. The van der Waals surface area contributed by atoms with Gasteiger partial charge in [0, 0.05) is 5.69 Å². The molecule has 3 N–H and O–H groups in total. The zero-order valence-electron chi connectivity index (χ0n) is 11.6. The Bertz CT molecular complexity index is 626. The first-order chi connectivity index (χ1) is 10.1. The maximum Gasteiger partial charge on any atom is 0.238 e. The summed E-state index contributed by atoms with van der Waals surface area (Å²) in [5, 5.41) is 2.81. The molecule has 0 aliphatic heterocycles. The third-order valence-electron chi connectivity index (χ3n) is 3.04. The SMILES string of the molecule is COc1ccc(NC(=O)C(C(N)=S)c2ccccc2)cc1. The lowest BCUT2D eigenvalue weighted by Crippen LogP contribution is -2.31. The fourth-order valence-corrected chi connectivity index (χ4v) is 2.22. The molecule has 0 heterocycles. The molecule has 1 atom stereocenters. The van der Waals surface area contributed by atoms with Crippen molar-refractivity contribution in [3.63, 3.8) is 0 Å². The summed E-state index contributed by atoms with van der Waals surface area (Å²) in [6.45, 7) is 0. The first-order valence-corrected chi connectivity index (χ1v) is 6.82. The highest BCUT2D eigenvalue weighted by Crippen LogP contribution is 2.20. The Morgan fingerprint density at radius 2 is 1.76 bits per heavy atom. The van der Waals surface area contributed by atoms with Crippen LogP contribution in [0.1, 0.15) is 11.5 Å². The predicted octanol–water partition coefficient (Wildman–Crippen LogP) is 2.70. The maximum absolute atomic E-state index is 12.4. The highest BCUT2D eigenvalue weighted by Gasteiger charge is 2.23. The van der Waals surface area contributed by atoms with Crippen molar-refractivity contribution >= 4 is 28.8 Å². The van der Waals surface area contributed by atoms with Crippen LogP contribution in [0.5, 0.6) is 5.75 Å². The molecule has 0 radical (unpaired) electrons.